The maximum atomic E-state index is 13.0. The number of anilines is 1. The van der Waals surface area contributed by atoms with Crippen molar-refractivity contribution in [3.8, 4) is 0 Å². The van der Waals surface area contributed by atoms with Crippen LogP contribution >= 0.6 is 11.6 Å². The van der Waals surface area contributed by atoms with E-state index in [1.807, 2.05) is 24.3 Å². The molecule has 0 aliphatic carbocycles. The highest BCUT2D eigenvalue weighted by atomic mass is 35.5. The van der Waals surface area contributed by atoms with Crippen molar-refractivity contribution in [3.05, 3.63) is 70.8 Å². The van der Waals surface area contributed by atoms with Gasteiger partial charge < -0.3 is 9.80 Å². The molecule has 1 aromatic heterocycles. The van der Waals surface area contributed by atoms with Crippen LogP contribution in [0.25, 0.3) is 10.9 Å². The number of rotatable bonds is 2. The van der Waals surface area contributed by atoms with E-state index in [1.165, 1.54) is 6.92 Å². The molecule has 2 heterocycles. The van der Waals surface area contributed by atoms with Crippen molar-refractivity contribution in [1.82, 2.24) is 9.88 Å². The number of fused-ring (bicyclic) bond motifs is 1. The number of pyridine rings is 1. The van der Waals surface area contributed by atoms with Crippen molar-refractivity contribution in [3.63, 3.8) is 0 Å². The number of benzene rings is 2. The van der Waals surface area contributed by atoms with E-state index in [-0.39, 0.29) is 35.3 Å². The molecule has 1 aliphatic rings. The van der Waals surface area contributed by atoms with Gasteiger partial charge in [-0.1, -0.05) is 29.2 Å². The average Bonchev–Trinajstić information content (AvgIpc) is 2.76. The first-order chi connectivity index (χ1) is 14.3. The Morgan fingerprint density at radius 1 is 1.12 bits per heavy atom. The van der Waals surface area contributed by atoms with E-state index in [0.717, 1.165) is 16.6 Å². The van der Waals surface area contributed by atoms with Crippen molar-refractivity contribution < 1.29 is 10.3 Å². The van der Waals surface area contributed by atoms with E-state index < -0.39 is 5.91 Å². The van der Waals surface area contributed by atoms with Crippen molar-refractivity contribution in [1.29, 1.82) is 0 Å². The monoisotopic (exact) mass is 369 g/mol. The molecule has 5 heteroatoms. The molecule has 4 rings (SSSR count). The largest absolute Gasteiger partial charge is 0.367 e. The lowest BCUT2D eigenvalue weighted by atomic mass is 10.1. The molecule has 1 aliphatic heterocycles. The van der Waals surface area contributed by atoms with E-state index in [2.05, 4.69) is 9.88 Å². The zero-order valence-electron chi connectivity index (χ0n) is 18.3. The van der Waals surface area contributed by atoms with Gasteiger partial charge in [-0.25, -0.2) is 0 Å². The predicted molar refractivity (Wildman–Crippen MR) is 106 cm³/mol. The smallest absolute Gasteiger partial charge is 0.253 e. The molecule has 1 fully saturated rings. The fourth-order valence-corrected chi connectivity index (χ4v) is 3.34. The van der Waals surface area contributed by atoms with Gasteiger partial charge in [-0.3, -0.25) is 9.78 Å². The van der Waals surface area contributed by atoms with Crippen LogP contribution in [0, 0.1) is 6.92 Å². The Kier molecular flexibility index (Phi) is 3.40. The Morgan fingerprint density at radius 3 is 2.58 bits per heavy atom. The van der Waals surface area contributed by atoms with Crippen LogP contribution in [-0.2, 0) is 0 Å². The van der Waals surface area contributed by atoms with Gasteiger partial charge in [0.05, 0.1) is 11.0 Å². The molecule has 26 heavy (non-hydrogen) atoms. The summed E-state index contributed by atoms with van der Waals surface area (Å²) in [7, 11) is 0. The summed E-state index contributed by atoms with van der Waals surface area (Å²) in [4.78, 5) is 21.2. The fourth-order valence-electron chi connectivity index (χ4n) is 3.17. The Hall–Kier alpha value is -2.59. The number of piperazine rings is 1. The topological polar surface area (TPSA) is 36.4 Å². The first-order valence-electron chi connectivity index (χ1n) is 10.4. The highest BCUT2D eigenvalue weighted by Gasteiger charge is 2.23. The van der Waals surface area contributed by atoms with Gasteiger partial charge in [0.1, 0.15) is 0 Å². The zero-order chi connectivity index (χ0) is 21.6. The van der Waals surface area contributed by atoms with Gasteiger partial charge in [-0.05, 0) is 43.3 Å². The number of halogens is 1. The SMILES string of the molecule is [2H]c1c([2H])c(C(=O)N2CCN(c3ccnc4cc(Cl)ccc34)CC2)c([2H])c([2H])c1C. The normalized spacial score (nSPS) is 16.8. The number of nitrogens with zero attached hydrogens (tertiary/aromatic N) is 3. The van der Waals surface area contributed by atoms with Crippen LogP contribution in [-0.4, -0.2) is 42.0 Å². The molecule has 0 saturated carbocycles. The van der Waals surface area contributed by atoms with E-state index in [4.69, 9.17) is 17.1 Å². The molecule has 1 saturated heterocycles. The molecule has 132 valence electrons. The Morgan fingerprint density at radius 2 is 1.85 bits per heavy atom. The third-order valence-electron chi connectivity index (χ3n) is 4.55. The predicted octanol–water partition coefficient (Wildman–Crippen LogP) is 4.16. The third kappa shape index (κ3) is 3.25. The summed E-state index contributed by atoms with van der Waals surface area (Å²) in [6.07, 6.45) is 1.74. The van der Waals surface area contributed by atoms with Crippen LogP contribution in [0.2, 0.25) is 5.02 Å². The number of hydrogen-bond acceptors (Lipinski definition) is 3. The molecule has 0 radical (unpaired) electrons. The van der Waals surface area contributed by atoms with Gasteiger partial charge in [0.15, 0.2) is 0 Å². The molecule has 0 unspecified atom stereocenters. The van der Waals surface area contributed by atoms with Crippen molar-refractivity contribution >= 4 is 34.1 Å². The highest BCUT2D eigenvalue weighted by Crippen LogP contribution is 2.28. The minimum absolute atomic E-state index is 0.159. The van der Waals surface area contributed by atoms with Crippen molar-refractivity contribution in [2.24, 2.45) is 0 Å². The van der Waals surface area contributed by atoms with E-state index in [1.54, 1.807) is 11.1 Å². The molecule has 0 atom stereocenters. The molecule has 2 aromatic carbocycles. The average molecular weight is 370 g/mol. The maximum absolute atomic E-state index is 13.0. The molecule has 0 spiro atoms. The van der Waals surface area contributed by atoms with Crippen LogP contribution in [0.1, 0.15) is 21.4 Å². The molecule has 0 bridgehead atoms. The summed E-state index contributed by atoms with van der Waals surface area (Å²) >= 11 is 6.07. The molecule has 0 N–H and O–H groups in total. The van der Waals surface area contributed by atoms with Gasteiger partial charge >= 0.3 is 0 Å². The van der Waals surface area contributed by atoms with E-state index in [0.29, 0.717) is 31.2 Å². The van der Waals surface area contributed by atoms with Crippen molar-refractivity contribution in [2.45, 2.75) is 6.92 Å². The molecule has 4 nitrogen and oxygen atoms in total. The Bertz CT molecular complexity index is 1130. The number of aromatic nitrogens is 1. The van der Waals surface area contributed by atoms with Gasteiger partial charge in [-0.15, -0.1) is 0 Å². The van der Waals surface area contributed by atoms with Crippen LogP contribution in [0.3, 0.4) is 0 Å². The first-order valence-corrected chi connectivity index (χ1v) is 8.83. The number of carbonyl (C=O) groups is 1. The highest BCUT2D eigenvalue weighted by molar-refractivity contribution is 6.31. The standard InChI is InChI=1S/C21H20ClN3O/c1-15-2-4-16(5-3-15)21(26)25-12-10-24(11-13-25)20-8-9-23-19-14-17(22)6-7-18(19)20/h2-9,14H,10-13H2,1H3/i2D,3D,4D,5D. The van der Waals surface area contributed by atoms with Crippen LogP contribution in [0.15, 0.2) is 54.6 Å². The zero-order valence-corrected chi connectivity index (χ0v) is 15.1. The van der Waals surface area contributed by atoms with Crippen LogP contribution in [0.4, 0.5) is 5.69 Å². The fraction of sp³-hybridized carbons (Fsp3) is 0.238. The van der Waals surface area contributed by atoms with E-state index >= 15 is 0 Å². The lowest BCUT2D eigenvalue weighted by Crippen LogP contribution is -2.48. The molecule has 3 aromatic rings. The summed E-state index contributed by atoms with van der Waals surface area (Å²) in [5.41, 5.74) is 1.91. The number of hydrogen-bond donors (Lipinski definition) is 0. The number of amides is 1. The second-order valence-corrected chi connectivity index (χ2v) is 6.71. The van der Waals surface area contributed by atoms with Crippen LogP contribution < -0.4 is 4.90 Å². The first kappa shape index (κ1) is 12.7. The Balaban J connectivity index is 1.57. The summed E-state index contributed by atoms with van der Waals surface area (Å²) in [6.45, 7) is 3.54. The van der Waals surface area contributed by atoms with Gasteiger partial charge in [0, 0.05) is 54.0 Å². The van der Waals surface area contributed by atoms with E-state index in [9.17, 15) is 4.79 Å². The summed E-state index contributed by atoms with van der Waals surface area (Å²) < 4.78 is 32.2. The minimum atomic E-state index is -0.460. The number of carbonyl (C=O) groups excluding carboxylic acids is 1. The maximum Gasteiger partial charge on any atom is 0.253 e. The third-order valence-corrected chi connectivity index (χ3v) is 4.79. The lowest BCUT2D eigenvalue weighted by molar-refractivity contribution is 0.0747. The van der Waals surface area contributed by atoms with Crippen LogP contribution in [0.5, 0.6) is 0 Å². The van der Waals surface area contributed by atoms with Gasteiger partial charge in [-0.2, -0.15) is 0 Å². The molecular formula is C21H20ClN3O. The lowest BCUT2D eigenvalue weighted by Gasteiger charge is -2.36. The molecular weight excluding hydrogens is 346 g/mol. The van der Waals surface area contributed by atoms with Crippen molar-refractivity contribution in [2.75, 3.05) is 31.1 Å². The minimum Gasteiger partial charge on any atom is -0.367 e. The Labute approximate surface area is 163 Å². The van der Waals surface area contributed by atoms with Gasteiger partial charge in [0.2, 0.25) is 0 Å². The molecule has 1 amide bonds. The summed E-state index contributed by atoms with van der Waals surface area (Å²) in [5, 5.41) is 1.61. The second-order valence-electron chi connectivity index (χ2n) is 6.27. The summed E-state index contributed by atoms with van der Waals surface area (Å²) in [5.74, 6) is -0.460. The van der Waals surface area contributed by atoms with Gasteiger partial charge in [0.25, 0.3) is 5.91 Å². The summed E-state index contributed by atoms with van der Waals surface area (Å²) in [6, 6.07) is 6.63. The quantitative estimate of drug-likeness (QED) is 0.680. The second kappa shape index (κ2) is 6.96.